The molecule has 0 saturated carbocycles. The summed E-state index contributed by atoms with van der Waals surface area (Å²) in [5.74, 6) is 0. The molecule has 0 amide bonds. The van der Waals surface area contributed by atoms with Gasteiger partial charge in [0.25, 0.3) is 0 Å². The summed E-state index contributed by atoms with van der Waals surface area (Å²) in [6, 6.07) is 19.4. The van der Waals surface area contributed by atoms with Gasteiger partial charge in [0, 0.05) is 12.6 Å². The zero-order valence-electron chi connectivity index (χ0n) is 12.0. The van der Waals surface area contributed by atoms with Crippen LogP contribution in [0.2, 0.25) is 0 Å². The largest absolute Gasteiger partial charge is 0.390 e. The Kier molecular flexibility index (Phi) is 6.37. The molecule has 112 valence electrons. The van der Waals surface area contributed by atoms with Gasteiger partial charge in [0.05, 0.1) is 12.7 Å². The Morgan fingerprint density at radius 3 is 2.14 bits per heavy atom. The molecule has 4 heteroatoms. The lowest BCUT2D eigenvalue weighted by Crippen LogP contribution is -2.43. The Hall–Kier alpha value is -1.72. The fourth-order valence-electron chi connectivity index (χ4n) is 2.03. The van der Waals surface area contributed by atoms with E-state index in [9.17, 15) is 5.11 Å². The molecule has 0 radical (unpaired) electrons. The van der Waals surface area contributed by atoms with Gasteiger partial charge in [0.2, 0.25) is 0 Å². The van der Waals surface area contributed by atoms with Crippen LogP contribution < -0.4 is 11.2 Å². The third-order valence-electron chi connectivity index (χ3n) is 3.28. The molecule has 4 nitrogen and oxygen atoms in total. The average Bonchev–Trinajstić information content (AvgIpc) is 2.53. The number of benzene rings is 2. The second-order valence-electron chi connectivity index (χ2n) is 5.04. The van der Waals surface area contributed by atoms with Gasteiger partial charge in [-0.3, -0.25) is 4.84 Å². The first-order chi connectivity index (χ1) is 10.3. The van der Waals surface area contributed by atoms with Crippen molar-refractivity contribution < 1.29 is 9.94 Å². The van der Waals surface area contributed by atoms with E-state index in [4.69, 9.17) is 10.6 Å². The Morgan fingerprint density at radius 2 is 1.52 bits per heavy atom. The molecule has 0 aliphatic rings. The molecule has 0 aliphatic heterocycles. The molecule has 21 heavy (non-hydrogen) atoms. The fourth-order valence-corrected chi connectivity index (χ4v) is 2.03. The number of nitrogens with two attached hydrogens (primary N) is 1. The van der Waals surface area contributed by atoms with Gasteiger partial charge in [0.1, 0.15) is 0 Å². The van der Waals surface area contributed by atoms with Crippen molar-refractivity contribution in [2.75, 3.05) is 6.54 Å². The van der Waals surface area contributed by atoms with Crippen LogP contribution in [0.5, 0.6) is 0 Å². The number of hydrogen-bond donors (Lipinski definition) is 3. The van der Waals surface area contributed by atoms with E-state index < -0.39 is 6.10 Å². The van der Waals surface area contributed by atoms with Crippen molar-refractivity contribution in [3.05, 3.63) is 71.8 Å². The average molecular weight is 286 g/mol. The van der Waals surface area contributed by atoms with E-state index in [2.05, 4.69) is 5.48 Å². The van der Waals surface area contributed by atoms with Crippen LogP contribution in [0.3, 0.4) is 0 Å². The SMILES string of the molecule is NC(Cc1ccccc1)C(O)CNOCc1ccccc1. The van der Waals surface area contributed by atoms with Crippen molar-refractivity contribution in [1.29, 1.82) is 0 Å². The molecule has 0 aliphatic carbocycles. The Bertz CT molecular complexity index is 505. The van der Waals surface area contributed by atoms with Crippen LogP contribution in [-0.2, 0) is 17.9 Å². The smallest absolute Gasteiger partial charge is 0.0933 e. The van der Waals surface area contributed by atoms with Crippen LogP contribution in [0, 0.1) is 0 Å². The summed E-state index contributed by atoms with van der Waals surface area (Å²) < 4.78 is 0. The van der Waals surface area contributed by atoms with Crippen molar-refractivity contribution in [1.82, 2.24) is 5.48 Å². The van der Waals surface area contributed by atoms with E-state index in [0.29, 0.717) is 19.6 Å². The minimum atomic E-state index is -0.652. The summed E-state index contributed by atoms with van der Waals surface area (Å²) in [5, 5.41) is 10.0. The van der Waals surface area contributed by atoms with Gasteiger partial charge in [-0.2, -0.15) is 5.48 Å². The highest BCUT2D eigenvalue weighted by atomic mass is 16.6. The van der Waals surface area contributed by atoms with E-state index in [1.807, 2.05) is 60.7 Å². The van der Waals surface area contributed by atoms with Crippen molar-refractivity contribution in [2.45, 2.75) is 25.2 Å². The molecule has 0 heterocycles. The highest BCUT2D eigenvalue weighted by Crippen LogP contribution is 2.04. The van der Waals surface area contributed by atoms with Gasteiger partial charge >= 0.3 is 0 Å². The fraction of sp³-hybridized carbons (Fsp3) is 0.294. The topological polar surface area (TPSA) is 67.5 Å². The minimum absolute atomic E-state index is 0.306. The molecule has 0 aromatic heterocycles. The predicted molar refractivity (Wildman–Crippen MR) is 83.4 cm³/mol. The molecular formula is C17H22N2O2. The van der Waals surface area contributed by atoms with Crippen LogP contribution in [0.15, 0.2) is 60.7 Å². The standard InChI is InChI=1S/C17H22N2O2/c18-16(11-14-7-3-1-4-8-14)17(20)12-19-21-13-15-9-5-2-6-10-15/h1-10,16-17,19-20H,11-13,18H2. The van der Waals surface area contributed by atoms with Crippen LogP contribution >= 0.6 is 0 Å². The summed E-state index contributed by atoms with van der Waals surface area (Å²) in [5.41, 5.74) is 11.0. The lowest BCUT2D eigenvalue weighted by molar-refractivity contribution is -0.00165. The lowest BCUT2D eigenvalue weighted by Gasteiger charge is -2.19. The lowest BCUT2D eigenvalue weighted by atomic mass is 10.0. The number of hydrogen-bond acceptors (Lipinski definition) is 4. The van der Waals surface area contributed by atoms with Crippen LogP contribution in [-0.4, -0.2) is 23.8 Å². The van der Waals surface area contributed by atoms with Crippen molar-refractivity contribution in [3.8, 4) is 0 Å². The third kappa shape index (κ3) is 5.65. The number of nitrogens with one attached hydrogen (secondary N) is 1. The van der Waals surface area contributed by atoms with Crippen molar-refractivity contribution in [3.63, 3.8) is 0 Å². The normalized spacial score (nSPS) is 13.8. The second kappa shape index (κ2) is 8.54. The Labute approximate surface area is 125 Å². The van der Waals surface area contributed by atoms with Crippen LogP contribution in [0.25, 0.3) is 0 Å². The Balaban J connectivity index is 1.66. The van der Waals surface area contributed by atoms with Crippen LogP contribution in [0.4, 0.5) is 0 Å². The molecule has 2 unspecified atom stereocenters. The molecule has 2 aromatic rings. The third-order valence-corrected chi connectivity index (χ3v) is 3.28. The zero-order valence-corrected chi connectivity index (χ0v) is 12.0. The van der Waals surface area contributed by atoms with Gasteiger partial charge in [-0.05, 0) is 17.5 Å². The van der Waals surface area contributed by atoms with Gasteiger partial charge in [-0.25, -0.2) is 0 Å². The predicted octanol–water partition coefficient (Wildman–Crippen LogP) is 1.64. The molecule has 4 N–H and O–H groups in total. The number of hydroxylamine groups is 1. The number of rotatable bonds is 8. The summed E-state index contributed by atoms with van der Waals surface area (Å²) in [4.78, 5) is 5.33. The van der Waals surface area contributed by atoms with Crippen molar-refractivity contribution >= 4 is 0 Å². The van der Waals surface area contributed by atoms with Crippen LogP contribution in [0.1, 0.15) is 11.1 Å². The van der Waals surface area contributed by atoms with Gasteiger partial charge < -0.3 is 10.8 Å². The van der Waals surface area contributed by atoms with E-state index in [1.165, 1.54) is 0 Å². The van der Waals surface area contributed by atoms with E-state index in [1.54, 1.807) is 0 Å². The van der Waals surface area contributed by atoms with E-state index >= 15 is 0 Å². The number of aliphatic hydroxyl groups is 1. The molecular weight excluding hydrogens is 264 g/mol. The molecule has 2 aromatic carbocycles. The molecule has 2 rings (SSSR count). The highest BCUT2D eigenvalue weighted by Gasteiger charge is 2.14. The summed E-state index contributed by atoms with van der Waals surface area (Å²) in [7, 11) is 0. The molecule has 2 atom stereocenters. The first-order valence-electron chi connectivity index (χ1n) is 7.12. The first-order valence-corrected chi connectivity index (χ1v) is 7.12. The van der Waals surface area contributed by atoms with Crippen molar-refractivity contribution in [2.24, 2.45) is 5.73 Å². The first kappa shape index (κ1) is 15.7. The van der Waals surface area contributed by atoms with Gasteiger partial charge in [-0.15, -0.1) is 0 Å². The van der Waals surface area contributed by atoms with Gasteiger partial charge in [0.15, 0.2) is 0 Å². The quantitative estimate of drug-likeness (QED) is 0.510. The maximum atomic E-state index is 10.0. The number of aliphatic hydroxyl groups excluding tert-OH is 1. The zero-order chi connectivity index (χ0) is 14.9. The molecule has 0 fully saturated rings. The monoisotopic (exact) mass is 286 g/mol. The second-order valence-corrected chi connectivity index (χ2v) is 5.04. The molecule has 0 spiro atoms. The summed E-state index contributed by atoms with van der Waals surface area (Å²) in [6.45, 7) is 0.766. The molecule has 0 bridgehead atoms. The maximum absolute atomic E-state index is 10.0. The van der Waals surface area contributed by atoms with E-state index in [-0.39, 0.29) is 6.04 Å². The van der Waals surface area contributed by atoms with Gasteiger partial charge in [-0.1, -0.05) is 60.7 Å². The maximum Gasteiger partial charge on any atom is 0.0933 e. The minimum Gasteiger partial charge on any atom is -0.390 e. The van der Waals surface area contributed by atoms with E-state index in [0.717, 1.165) is 11.1 Å². The molecule has 0 saturated heterocycles. The summed E-state index contributed by atoms with van der Waals surface area (Å²) in [6.07, 6.45) is -0.0106. The highest BCUT2D eigenvalue weighted by molar-refractivity contribution is 5.16. The Morgan fingerprint density at radius 1 is 0.952 bits per heavy atom. The summed E-state index contributed by atoms with van der Waals surface area (Å²) >= 11 is 0.